The van der Waals surface area contributed by atoms with Gasteiger partial charge in [-0.3, -0.25) is 4.79 Å². The van der Waals surface area contributed by atoms with Gasteiger partial charge < -0.3 is 14.6 Å². The summed E-state index contributed by atoms with van der Waals surface area (Å²) in [4.78, 5) is 12.2. The van der Waals surface area contributed by atoms with Crippen molar-refractivity contribution in [3.8, 4) is 0 Å². The van der Waals surface area contributed by atoms with E-state index in [0.29, 0.717) is 29.7 Å². The van der Waals surface area contributed by atoms with Crippen molar-refractivity contribution in [3.63, 3.8) is 0 Å². The molecule has 2 heterocycles. The van der Waals surface area contributed by atoms with E-state index in [0.717, 1.165) is 12.0 Å². The monoisotopic (exact) mass is 264 g/mol. The molecule has 0 saturated carbocycles. The molecule has 2 bridgehead atoms. The number of rotatable bonds is 0. The van der Waals surface area contributed by atoms with Gasteiger partial charge in [-0.05, 0) is 39.7 Å². The van der Waals surface area contributed by atoms with E-state index >= 15 is 0 Å². The van der Waals surface area contributed by atoms with Crippen molar-refractivity contribution in [2.75, 3.05) is 6.61 Å². The Morgan fingerprint density at radius 1 is 1.26 bits per heavy atom. The van der Waals surface area contributed by atoms with Crippen LogP contribution in [0.4, 0.5) is 0 Å². The molecule has 1 spiro atoms. The van der Waals surface area contributed by atoms with Gasteiger partial charge in [-0.2, -0.15) is 0 Å². The summed E-state index contributed by atoms with van der Waals surface area (Å²) in [5, 5.41) is 10.5. The molecule has 2 aliphatic heterocycles. The van der Waals surface area contributed by atoms with Crippen LogP contribution in [0, 0.1) is 0 Å². The number of Topliss-reactive ketones (excluding diaryl/α,β-unsaturated/α-hetero) is 1. The number of aliphatic hydroxyl groups is 1. The van der Waals surface area contributed by atoms with Crippen LogP contribution in [0.5, 0.6) is 0 Å². The molecule has 3 atom stereocenters. The number of ether oxygens (including phenoxy) is 2. The van der Waals surface area contributed by atoms with E-state index in [1.807, 2.05) is 13.8 Å². The number of hydrogen-bond donors (Lipinski definition) is 1. The highest BCUT2D eigenvalue weighted by Crippen LogP contribution is 2.52. The topological polar surface area (TPSA) is 55.8 Å². The standard InChI is InChI=1S/C15H20O4/c1-8-10(3)15-12(9(2)13(8)17)11(16)7-14(4,19-15)5-6-18-15/h11,16H,5-7H2,1-4H3/t11?,14-,15-/m1/s1. The Balaban J connectivity index is 2.24. The van der Waals surface area contributed by atoms with Crippen molar-refractivity contribution < 1.29 is 19.4 Å². The van der Waals surface area contributed by atoms with Crippen molar-refractivity contribution in [1.82, 2.24) is 0 Å². The van der Waals surface area contributed by atoms with E-state index in [2.05, 4.69) is 0 Å². The molecule has 0 aromatic carbocycles. The number of allylic oxidation sites excluding steroid dienone is 2. The fourth-order valence-corrected chi connectivity index (χ4v) is 3.55. The van der Waals surface area contributed by atoms with Gasteiger partial charge in [0.15, 0.2) is 5.78 Å². The maximum absolute atomic E-state index is 12.2. The van der Waals surface area contributed by atoms with Gasteiger partial charge in [0.25, 0.3) is 0 Å². The average molecular weight is 264 g/mol. The van der Waals surface area contributed by atoms with Crippen molar-refractivity contribution >= 4 is 5.78 Å². The van der Waals surface area contributed by atoms with E-state index in [1.54, 1.807) is 13.8 Å². The zero-order chi connectivity index (χ0) is 14.0. The van der Waals surface area contributed by atoms with Gasteiger partial charge >= 0.3 is 0 Å². The minimum atomic E-state index is -1.02. The number of ketones is 1. The zero-order valence-electron chi connectivity index (χ0n) is 11.9. The number of carbonyl (C=O) groups is 1. The second-order valence-corrected chi connectivity index (χ2v) is 6.10. The first-order valence-corrected chi connectivity index (χ1v) is 6.77. The average Bonchev–Trinajstić information content (AvgIpc) is 2.33. The lowest BCUT2D eigenvalue weighted by molar-refractivity contribution is -0.312. The summed E-state index contributed by atoms with van der Waals surface area (Å²) in [6, 6.07) is 0. The zero-order valence-corrected chi connectivity index (χ0v) is 11.9. The Hall–Kier alpha value is -0.970. The lowest BCUT2D eigenvalue weighted by Gasteiger charge is -2.55. The summed E-state index contributed by atoms with van der Waals surface area (Å²) in [6.07, 6.45) is 0.606. The Bertz CT molecular complexity index is 530. The van der Waals surface area contributed by atoms with Gasteiger partial charge in [0, 0.05) is 23.1 Å². The first kappa shape index (κ1) is 13.0. The van der Waals surface area contributed by atoms with Crippen molar-refractivity contribution in [3.05, 3.63) is 22.3 Å². The van der Waals surface area contributed by atoms with E-state index in [9.17, 15) is 9.90 Å². The summed E-state index contributed by atoms with van der Waals surface area (Å²) in [5.41, 5.74) is 2.24. The molecular weight excluding hydrogens is 244 g/mol. The van der Waals surface area contributed by atoms with Crippen LogP contribution in [-0.2, 0) is 14.3 Å². The first-order valence-electron chi connectivity index (χ1n) is 6.77. The van der Waals surface area contributed by atoms with Gasteiger partial charge in [-0.15, -0.1) is 0 Å². The molecule has 0 amide bonds. The molecular formula is C15H20O4. The molecule has 104 valence electrons. The van der Waals surface area contributed by atoms with Crippen LogP contribution in [0.1, 0.15) is 40.5 Å². The third-order valence-electron chi connectivity index (χ3n) is 4.78. The third kappa shape index (κ3) is 1.54. The molecule has 4 nitrogen and oxygen atoms in total. The van der Waals surface area contributed by atoms with Gasteiger partial charge in [0.2, 0.25) is 5.79 Å². The minimum absolute atomic E-state index is 0.0152. The summed E-state index contributed by atoms with van der Waals surface area (Å²) in [7, 11) is 0. The molecule has 1 aliphatic carbocycles. The highest BCUT2D eigenvalue weighted by molar-refractivity contribution is 6.10. The molecule has 0 aromatic rings. The van der Waals surface area contributed by atoms with Crippen LogP contribution in [0.3, 0.4) is 0 Å². The second kappa shape index (κ2) is 3.78. The Kier molecular flexibility index (Phi) is 2.59. The fourth-order valence-electron chi connectivity index (χ4n) is 3.55. The van der Waals surface area contributed by atoms with E-state index in [1.165, 1.54) is 0 Å². The number of carbonyl (C=O) groups excluding carboxylic acids is 1. The fraction of sp³-hybridized carbons (Fsp3) is 0.667. The molecule has 2 saturated heterocycles. The van der Waals surface area contributed by atoms with Crippen molar-refractivity contribution in [1.29, 1.82) is 0 Å². The molecule has 4 heteroatoms. The van der Waals surface area contributed by atoms with Gasteiger partial charge in [-0.1, -0.05) is 0 Å². The van der Waals surface area contributed by atoms with E-state index < -0.39 is 11.9 Å². The lowest BCUT2D eigenvalue weighted by atomic mass is 9.73. The molecule has 19 heavy (non-hydrogen) atoms. The maximum atomic E-state index is 12.2. The summed E-state index contributed by atoms with van der Waals surface area (Å²) >= 11 is 0. The molecule has 3 aliphatic rings. The van der Waals surface area contributed by atoms with Crippen LogP contribution >= 0.6 is 0 Å². The van der Waals surface area contributed by atoms with E-state index in [4.69, 9.17) is 9.47 Å². The Morgan fingerprint density at radius 2 is 1.95 bits per heavy atom. The number of hydrogen-bond acceptors (Lipinski definition) is 4. The normalized spacial score (nSPS) is 42.6. The highest BCUT2D eigenvalue weighted by atomic mass is 16.7. The van der Waals surface area contributed by atoms with Crippen LogP contribution in [0.2, 0.25) is 0 Å². The van der Waals surface area contributed by atoms with Crippen LogP contribution in [0.15, 0.2) is 22.3 Å². The van der Waals surface area contributed by atoms with Crippen molar-refractivity contribution in [2.24, 2.45) is 0 Å². The second-order valence-electron chi connectivity index (χ2n) is 6.10. The van der Waals surface area contributed by atoms with Gasteiger partial charge in [0.05, 0.1) is 18.3 Å². The molecule has 0 radical (unpaired) electrons. The van der Waals surface area contributed by atoms with Crippen molar-refractivity contribution in [2.45, 2.75) is 58.0 Å². The molecule has 1 unspecified atom stereocenters. The molecule has 2 fully saturated rings. The van der Waals surface area contributed by atoms with Crippen LogP contribution in [0.25, 0.3) is 0 Å². The van der Waals surface area contributed by atoms with Crippen LogP contribution < -0.4 is 0 Å². The predicted molar refractivity (Wildman–Crippen MR) is 69.5 cm³/mol. The summed E-state index contributed by atoms with van der Waals surface area (Å²) < 4.78 is 12.2. The van der Waals surface area contributed by atoms with Gasteiger partial charge in [-0.25, -0.2) is 0 Å². The van der Waals surface area contributed by atoms with Gasteiger partial charge in [0.1, 0.15) is 0 Å². The number of aliphatic hydroxyl groups excluding tert-OH is 1. The summed E-state index contributed by atoms with van der Waals surface area (Å²) in [6.45, 7) is 8.00. The maximum Gasteiger partial charge on any atom is 0.218 e. The van der Waals surface area contributed by atoms with E-state index in [-0.39, 0.29) is 11.4 Å². The predicted octanol–water partition coefficient (Wildman–Crippen LogP) is 1.88. The third-order valence-corrected chi connectivity index (χ3v) is 4.78. The number of fused-ring (bicyclic) bond motifs is 1. The minimum Gasteiger partial charge on any atom is -0.388 e. The summed E-state index contributed by atoms with van der Waals surface area (Å²) in [5.74, 6) is -1.04. The largest absolute Gasteiger partial charge is 0.388 e. The molecule has 3 rings (SSSR count). The Morgan fingerprint density at radius 3 is 2.63 bits per heavy atom. The smallest absolute Gasteiger partial charge is 0.218 e. The Labute approximate surface area is 113 Å². The molecule has 0 aromatic heterocycles. The lowest BCUT2D eigenvalue weighted by Crippen LogP contribution is -2.61. The SMILES string of the molecule is CC1=C(C)[C@]23OCC[C@](C)(CC(O)C2=C(C)C1=O)O3. The van der Waals surface area contributed by atoms with Crippen LogP contribution in [-0.4, -0.2) is 35.0 Å². The quantitative estimate of drug-likeness (QED) is 0.726. The highest BCUT2D eigenvalue weighted by Gasteiger charge is 2.58. The first-order chi connectivity index (χ1) is 8.81. The molecule has 1 N–H and O–H groups in total.